The Bertz CT molecular complexity index is 928. The number of imidazole rings is 1. The van der Waals surface area contributed by atoms with E-state index in [1.165, 1.54) is 0 Å². The number of amides is 1. The normalized spacial score (nSPS) is 10.8. The van der Waals surface area contributed by atoms with Gasteiger partial charge in [0.2, 0.25) is 6.33 Å². The molecule has 0 saturated carbocycles. The van der Waals surface area contributed by atoms with Gasteiger partial charge in [-0.3, -0.25) is 9.59 Å². The summed E-state index contributed by atoms with van der Waals surface area (Å²) in [5.41, 5.74) is 6.33. The minimum Gasteiger partial charge on any atom is -0.322 e. The topological polar surface area (TPSA) is 55.0 Å². The zero-order valence-corrected chi connectivity index (χ0v) is 17.5. The van der Waals surface area contributed by atoms with Gasteiger partial charge in [-0.15, -0.1) is 0 Å². The number of hydrogen-bond acceptors (Lipinski definition) is 2. The Morgan fingerprint density at radius 3 is 2.14 bits per heavy atom. The average molecular weight is 391 g/mol. The van der Waals surface area contributed by atoms with E-state index in [2.05, 4.69) is 5.32 Å². The third-order valence-electron chi connectivity index (χ3n) is 5.20. The molecule has 5 nitrogen and oxygen atoms in total. The number of carbonyl (C=O) groups excluding carboxylic acids is 2. The molecule has 0 aliphatic rings. The fourth-order valence-electron chi connectivity index (χ4n) is 3.57. The van der Waals surface area contributed by atoms with Gasteiger partial charge in [-0.25, -0.2) is 9.13 Å². The molecule has 1 amide bonds. The second-order valence-electron chi connectivity index (χ2n) is 7.66. The molecular weight excluding hydrogens is 362 g/mol. The van der Waals surface area contributed by atoms with E-state index >= 15 is 0 Å². The highest BCUT2D eigenvalue weighted by molar-refractivity contribution is 5.92. The lowest BCUT2D eigenvalue weighted by molar-refractivity contribution is -0.683. The van der Waals surface area contributed by atoms with Crippen LogP contribution in [-0.2, 0) is 29.1 Å². The maximum Gasteiger partial charge on any atom is 0.266 e. The molecule has 2 aromatic carbocycles. The number of nitrogens with one attached hydrogen (secondary N) is 1. The van der Waals surface area contributed by atoms with E-state index in [-0.39, 0.29) is 18.2 Å². The first-order valence-corrected chi connectivity index (χ1v) is 9.81. The first kappa shape index (κ1) is 20.5. The number of ketones is 1. The molecule has 0 spiro atoms. The molecule has 3 aromatic rings. The Hall–Kier alpha value is -3.21. The Morgan fingerprint density at radius 1 is 0.931 bits per heavy atom. The van der Waals surface area contributed by atoms with E-state index in [9.17, 15) is 9.59 Å². The van der Waals surface area contributed by atoms with Gasteiger partial charge in [0.1, 0.15) is 18.9 Å². The van der Waals surface area contributed by atoms with E-state index in [4.69, 9.17) is 0 Å². The minimum absolute atomic E-state index is 0.0907. The summed E-state index contributed by atoms with van der Waals surface area (Å²) in [5.74, 6) is 0.0529. The van der Waals surface area contributed by atoms with Crippen LogP contribution in [0.4, 0.5) is 5.69 Å². The van der Waals surface area contributed by atoms with Crippen molar-refractivity contribution >= 4 is 17.4 Å². The molecule has 1 N–H and O–H groups in total. The number of aromatic nitrogens is 2. The van der Waals surface area contributed by atoms with Gasteiger partial charge in [-0.1, -0.05) is 36.4 Å². The van der Waals surface area contributed by atoms with Crippen LogP contribution in [-0.4, -0.2) is 16.3 Å². The summed E-state index contributed by atoms with van der Waals surface area (Å²) in [5, 5.41) is 2.99. The Kier molecular flexibility index (Phi) is 6.27. The quantitative estimate of drug-likeness (QED) is 0.628. The molecule has 0 bridgehead atoms. The first-order chi connectivity index (χ1) is 13.8. The smallest absolute Gasteiger partial charge is 0.266 e. The van der Waals surface area contributed by atoms with Gasteiger partial charge in [-0.2, -0.15) is 0 Å². The van der Waals surface area contributed by atoms with Crippen LogP contribution in [0.5, 0.6) is 0 Å². The van der Waals surface area contributed by atoms with Crippen molar-refractivity contribution in [2.24, 2.45) is 0 Å². The van der Waals surface area contributed by atoms with Crippen LogP contribution in [0.25, 0.3) is 0 Å². The number of hydrogen-bond donors (Lipinski definition) is 1. The Balaban J connectivity index is 1.59. The molecule has 1 heterocycles. The summed E-state index contributed by atoms with van der Waals surface area (Å²) in [6.07, 6.45) is 5.86. The van der Waals surface area contributed by atoms with Crippen LogP contribution in [0.1, 0.15) is 27.8 Å². The molecule has 0 radical (unpaired) electrons. The molecule has 3 rings (SSSR count). The van der Waals surface area contributed by atoms with Crippen molar-refractivity contribution in [3.05, 3.63) is 82.9 Å². The number of aryl methyl sites for hydroxylation is 4. The molecule has 0 atom stereocenters. The van der Waals surface area contributed by atoms with Crippen molar-refractivity contribution in [3.63, 3.8) is 0 Å². The van der Waals surface area contributed by atoms with Crippen molar-refractivity contribution in [2.45, 2.75) is 47.2 Å². The molecule has 0 aliphatic heterocycles. The molecule has 0 aliphatic carbocycles. The second-order valence-corrected chi connectivity index (χ2v) is 7.66. The highest BCUT2D eigenvalue weighted by Gasteiger charge is 2.15. The van der Waals surface area contributed by atoms with Crippen LogP contribution in [0.15, 0.2) is 55.1 Å². The number of carbonyl (C=O) groups is 2. The van der Waals surface area contributed by atoms with Gasteiger partial charge >= 0.3 is 0 Å². The predicted molar refractivity (Wildman–Crippen MR) is 114 cm³/mol. The summed E-state index contributed by atoms with van der Waals surface area (Å²) < 4.78 is 3.61. The van der Waals surface area contributed by atoms with Crippen molar-refractivity contribution < 1.29 is 14.2 Å². The van der Waals surface area contributed by atoms with Crippen molar-refractivity contribution in [3.8, 4) is 0 Å². The molecule has 29 heavy (non-hydrogen) atoms. The van der Waals surface area contributed by atoms with E-state index < -0.39 is 0 Å². The van der Waals surface area contributed by atoms with E-state index in [0.717, 1.165) is 33.5 Å². The maximum absolute atomic E-state index is 12.5. The molecule has 5 heteroatoms. The lowest BCUT2D eigenvalue weighted by atomic mass is 9.98. The number of para-hydroxylation sites is 1. The Labute approximate surface area is 172 Å². The lowest BCUT2D eigenvalue weighted by Crippen LogP contribution is -2.36. The van der Waals surface area contributed by atoms with Crippen LogP contribution in [0.2, 0.25) is 0 Å². The maximum atomic E-state index is 12.5. The van der Waals surface area contributed by atoms with E-state index in [1.54, 1.807) is 10.9 Å². The third kappa shape index (κ3) is 5.19. The summed E-state index contributed by atoms with van der Waals surface area (Å²) in [7, 11) is 0. The molecular formula is C24H28N3O2+. The van der Waals surface area contributed by atoms with Gasteiger partial charge in [-0.05, 0) is 55.5 Å². The minimum atomic E-state index is -0.0907. The van der Waals surface area contributed by atoms with Crippen LogP contribution in [0, 0.1) is 27.7 Å². The van der Waals surface area contributed by atoms with Gasteiger partial charge in [0, 0.05) is 12.1 Å². The van der Waals surface area contributed by atoms with Gasteiger partial charge in [0.15, 0.2) is 12.3 Å². The number of anilines is 1. The van der Waals surface area contributed by atoms with E-state index in [1.807, 2.05) is 81.1 Å². The van der Waals surface area contributed by atoms with Crippen molar-refractivity contribution in [1.82, 2.24) is 4.57 Å². The number of Topliss-reactive ketones (excluding diaryl/α,β-unsaturated/α-hetero) is 1. The SMILES string of the molecule is Cc1cccc(C)c1CC(=O)C[n+]1ccn(CC(=O)Nc2c(C)cccc2C)c1. The first-order valence-electron chi connectivity index (χ1n) is 9.81. The highest BCUT2D eigenvalue weighted by atomic mass is 16.2. The lowest BCUT2D eigenvalue weighted by Gasteiger charge is -2.10. The molecule has 0 unspecified atom stereocenters. The third-order valence-corrected chi connectivity index (χ3v) is 5.20. The number of nitrogens with zero attached hydrogens (tertiary/aromatic N) is 2. The highest BCUT2D eigenvalue weighted by Crippen LogP contribution is 2.19. The Morgan fingerprint density at radius 2 is 1.52 bits per heavy atom. The van der Waals surface area contributed by atoms with Gasteiger partial charge in [0.05, 0.1) is 0 Å². The monoisotopic (exact) mass is 390 g/mol. The molecule has 0 saturated heterocycles. The standard InChI is InChI=1S/C24H27N3O2/c1-17-7-5-8-18(2)22(17)13-21(28)14-26-11-12-27(16-26)15-23(29)25-24-19(3)9-6-10-20(24)4/h5-12,16H,13-15H2,1-4H3/p+1. The summed E-state index contributed by atoms with van der Waals surface area (Å²) >= 11 is 0. The molecule has 150 valence electrons. The predicted octanol–water partition coefficient (Wildman–Crippen LogP) is 3.46. The largest absolute Gasteiger partial charge is 0.322 e. The van der Waals surface area contributed by atoms with Crippen LogP contribution < -0.4 is 9.88 Å². The van der Waals surface area contributed by atoms with Gasteiger partial charge in [0.25, 0.3) is 5.91 Å². The fourth-order valence-corrected chi connectivity index (χ4v) is 3.57. The fraction of sp³-hybridized carbons (Fsp3) is 0.292. The summed E-state index contributed by atoms with van der Waals surface area (Å²) in [6, 6.07) is 12.0. The second kappa shape index (κ2) is 8.86. The van der Waals surface area contributed by atoms with E-state index in [0.29, 0.717) is 13.0 Å². The van der Waals surface area contributed by atoms with Gasteiger partial charge < -0.3 is 5.32 Å². The number of rotatable bonds is 7. The zero-order chi connectivity index (χ0) is 21.0. The number of benzene rings is 2. The van der Waals surface area contributed by atoms with Crippen molar-refractivity contribution in [1.29, 1.82) is 0 Å². The van der Waals surface area contributed by atoms with Crippen LogP contribution in [0.3, 0.4) is 0 Å². The average Bonchev–Trinajstić information content (AvgIpc) is 3.08. The molecule has 0 fully saturated rings. The van der Waals surface area contributed by atoms with Crippen molar-refractivity contribution in [2.75, 3.05) is 5.32 Å². The molecule has 1 aromatic heterocycles. The summed E-state index contributed by atoms with van der Waals surface area (Å²) in [4.78, 5) is 25.0. The van der Waals surface area contributed by atoms with Crippen LogP contribution >= 0.6 is 0 Å². The summed E-state index contributed by atoms with van der Waals surface area (Å²) in [6.45, 7) is 8.52. The zero-order valence-electron chi connectivity index (χ0n) is 17.5.